The number of nitrogens with two attached hydrogens (primary N) is 1. The molecule has 1 saturated heterocycles. The first-order valence-electron chi connectivity index (χ1n) is 6.07. The lowest BCUT2D eigenvalue weighted by Gasteiger charge is -2.20. The quantitative estimate of drug-likeness (QED) is 0.844. The molecular weight excluding hydrogens is 216 g/mol. The van der Waals surface area contributed by atoms with E-state index in [1.54, 1.807) is 13.4 Å². The number of methoxy groups -OCH3 is 1. The molecule has 1 aliphatic rings. The van der Waals surface area contributed by atoms with E-state index in [9.17, 15) is 0 Å². The second kappa shape index (κ2) is 5.31. The average molecular weight is 236 g/mol. The highest BCUT2D eigenvalue weighted by molar-refractivity contribution is 5.50. The Labute approximate surface area is 102 Å². The molecule has 1 aromatic rings. The van der Waals surface area contributed by atoms with Crippen LogP contribution < -0.4 is 15.4 Å². The Kier molecular flexibility index (Phi) is 3.78. The van der Waals surface area contributed by atoms with Crippen LogP contribution in [0.2, 0.25) is 0 Å². The van der Waals surface area contributed by atoms with Crippen LogP contribution in [0.4, 0.5) is 5.82 Å². The second-order valence-corrected chi connectivity index (χ2v) is 4.51. The number of nitrogens with zero attached hydrogens (tertiary/aromatic N) is 3. The number of aromatic nitrogens is 2. The Morgan fingerprint density at radius 3 is 3.06 bits per heavy atom. The number of hydrogen-bond donors (Lipinski definition) is 1. The molecule has 94 valence electrons. The van der Waals surface area contributed by atoms with Gasteiger partial charge in [-0.3, -0.25) is 0 Å². The third-order valence-corrected chi connectivity index (χ3v) is 3.36. The van der Waals surface area contributed by atoms with E-state index in [1.807, 2.05) is 6.92 Å². The summed E-state index contributed by atoms with van der Waals surface area (Å²) in [5, 5.41) is 0. The lowest BCUT2D eigenvalue weighted by Crippen LogP contribution is -2.22. The Balaban J connectivity index is 2.13. The highest BCUT2D eigenvalue weighted by Gasteiger charge is 2.24. The number of rotatable bonds is 4. The van der Waals surface area contributed by atoms with Gasteiger partial charge in [0.25, 0.3) is 0 Å². The summed E-state index contributed by atoms with van der Waals surface area (Å²) in [6, 6.07) is 0. The summed E-state index contributed by atoms with van der Waals surface area (Å²) in [4.78, 5) is 10.8. The van der Waals surface area contributed by atoms with Crippen LogP contribution in [-0.2, 0) is 0 Å². The summed E-state index contributed by atoms with van der Waals surface area (Å²) in [7, 11) is 1.64. The van der Waals surface area contributed by atoms with E-state index in [0.717, 1.165) is 37.4 Å². The summed E-state index contributed by atoms with van der Waals surface area (Å²) >= 11 is 0. The fourth-order valence-corrected chi connectivity index (χ4v) is 2.45. The SMILES string of the molecule is COc1ncnc(N2CCC(CCN)C2)c1C. The summed E-state index contributed by atoms with van der Waals surface area (Å²) in [5.41, 5.74) is 6.62. The first-order chi connectivity index (χ1) is 8.26. The molecule has 5 nitrogen and oxygen atoms in total. The average Bonchev–Trinajstić information content (AvgIpc) is 2.78. The van der Waals surface area contributed by atoms with Crippen molar-refractivity contribution in [1.29, 1.82) is 0 Å². The van der Waals surface area contributed by atoms with Gasteiger partial charge in [-0.2, -0.15) is 0 Å². The Morgan fingerprint density at radius 2 is 2.35 bits per heavy atom. The molecule has 1 aromatic heterocycles. The van der Waals surface area contributed by atoms with Gasteiger partial charge in [0.1, 0.15) is 12.1 Å². The third kappa shape index (κ3) is 2.49. The Bertz CT molecular complexity index is 383. The highest BCUT2D eigenvalue weighted by Crippen LogP contribution is 2.29. The van der Waals surface area contributed by atoms with E-state index in [2.05, 4.69) is 14.9 Å². The normalized spacial score (nSPS) is 19.7. The minimum atomic E-state index is 0.664. The lowest BCUT2D eigenvalue weighted by atomic mass is 10.1. The summed E-state index contributed by atoms with van der Waals surface area (Å²) < 4.78 is 5.22. The summed E-state index contributed by atoms with van der Waals surface area (Å²) in [6.45, 7) is 4.86. The predicted molar refractivity (Wildman–Crippen MR) is 67.3 cm³/mol. The van der Waals surface area contributed by atoms with Crippen LogP contribution >= 0.6 is 0 Å². The van der Waals surface area contributed by atoms with Crippen LogP contribution in [0.25, 0.3) is 0 Å². The molecule has 17 heavy (non-hydrogen) atoms. The van der Waals surface area contributed by atoms with Gasteiger partial charge in [-0.1, -0.05) is 0 Å². The van der Waals surface area contributed by atoms with Crippen molar-refractivity contribution in [3.05, 3.63) is 11.9 Å². The zero-order valence-corrected chi connectivity index (χ0v) is 10.5. The highest BCUT2D eigenvalue weighted by atomic mass is 16.5. The Morgan fingerprint density at radius 1 is 1.53 bits per heavy atom. The molecule has 1 unspecified atom stereocenters. The van der Waals surface area contributed by atoms with E-state index < -0.39 is 0 Å². The van der Waals surface area contributed by atoms with Crippen molar-refractivity contribution in [3.8, 4) is 5.88 Å². The fraction of sp³-hybridized carbons (Fsp3) is 0.667. The van der Waals surface area contributed by atoms with Crippen molar-refractivity contribution in [3.63, 3.8) is 0 Å². The minimum Gasteiger partial charge on any atom is -0.481 e. The van der Waals surface area contributed by atoms with E-state index in [4.69, 9.17) is 10.5 Å². The van der Waals surface area contributed by atoms with E-state index >= 15 is 0 Å². The van der Waals surface area contributed by atoms with Crippen LogP contribution in [0.15, 0.2) is 6.33 Å². The standard InChI is InChI=1S/C12H20N4O/c1-9-11(14-8-15-12(9)17-2)16-6-4-10(7-16)3-5-13/h8,10H,3-7,13H2,1-2H3. The molecule has 1 atom stereocenters. The maximum atomic E-state index is 5.60. The topological polar surface area (TPSA) is 64.3 Å². The van der Waals surface area contributed by atoms with Crippen molar-refractivity contribution >= 4 is 5.82 Å². The summed E-state index contributed by atoms with van der Waals surface area (Å²) in [5.74, 6) is 2.36. The van der Waals surface area contributed by atoms with Crippen LogP contribution in [0.3, 0.4) is 0 Å². The first kappa shape index (κ1) is 12.1. The van der Waals surface area contributed by atoms with Crippen molar-refractivity contribution in [2.24, 2.45) is 11.7 Å². The van der Waals surface area contributed by atoms with Crippen LogP contribution in [-0.4, -0.2) is 36.7 Å². The maximum Gasteiger partial charge on any atom is 0.221 e. The van der Waals surface area contributed by atoms with Gasteiger partial charge < -0.3 is 15.4 Å². The molecule has 0 aliphatic carbocycles. The first-order valence-corrected chi connectivity index (χ1v) is 6.07. The molecule has 0 saturated carbocycles. The van der Waals surface area contributed by atoms with Gasteiger partial charge in [0, 0.05) is 13.1 Å². The predicted octanol–water partition coefficient (Wildman–Crippen LogP) is 0.969. The molecule has 5 heteroatoms. The molecule has 1 fully saturated rings. The molecular formula is C12H20N4O. The van der Waals surface area contributed by atoms with E-state index in [1.165, 1.54) is 6.42 Å². The van der Waals surface area contributed by atoms with Gasteiger partial charge in [0.2, 0.25) is 5.88 Å². The maximum absolute atomic E-state index is 5.60. The van der Waals surface area contributed by atoms with Gasteiger partial charge in [-0.05, 0) is 32.2 Å². The Hall–Kier alpha value is -1.36. The number of ether oxygens (including phenoxy) is 1. The smallest absolute Gasteiger partial charge is 0.221 e. The lowest BCUT2D eigenvalue weighted by molar-refractivity contribution is 0.393. The van der Waals surface area contributed by atoms with Crippen LogP contribution in [0, 0.1) is 12.8 Å². The van der Waals surface area contributed by atoms with E-state index in [-0.39, 0.29) is 0 Å². The van der Waals surface area contributed by atoms with Gasteiger partial charge in [-0.25, -0.2) is 9.97 Å². The molecule has 0 radical (unpaired) electrons. The monoisotopic (exact) mass is 236 g/mol. The second-order valence-electron chi connectivity index (χ2n) is 4.51. The van der Waals surface area contributed by atoms with Crippen LogP contribution in [0.5, 0.6) is 5.88 Å². The van der Waals surface area contributed by atoms with Gasteiger partial charge in [0.05, 0.1) is 12.7 Å². The van der Waals surface area contributed by atoms with Gasteiger partial charge in [-0.15, -0.1) is 0 Å². The molecule has 2 N–H and O–H groups in total. The van der Waals surface area contributed by atoms with Crippen molar-refractivity contribution < 1.29 is 4.74 Å². The molecule has 1 aliphatic heterocycles. The zero-order chi connectivity index (χ0) is 12.3. The zero-order valence-electron chi connectivity index (χ0n) is 10.5. The summed E-state index contributed by atoms with van der Waals surface area (Å²) in [6.07, 6.45) is 3.86. The molecule has 0 bridgehead atoms. The molecule has 2 rings (SSSR count). The fourth-order valence-electron chi connectivity index (χ4n) is 2.45. The minimum absolute atomic E-state index is 0.664. The van der Waals surface area contributed by atoms with Crippen molar-refractivity contribution in [2.75, 3.05) is 31.6 Å². The van der Waals surface area contributed by atoms with Crippen LogP contribution in [0.1, 0.15) is 18.4 Å². The molecule has 0 aromatic carbocycles. The largest absolute Gasteiger partial charge is 0.481 e. The molecule has 0 spiro atoms. The number of hydrogen-bond acceptors (Lipinski definition) is 5. The molecule has 0 amide bonds. The van der Waals surface area contributed by atoms with Crippen molar-refractivity contribution in [2.45, 2.75) is 19.8 Å². The third-order valence-electron chi connectivity index (χ3n) is 3.36. The van der Waals surface area contributed by atoms with Gasteiger partial charge >= 0.3 is 0 Å². The van der Waals surface area contributed by atoms with Crippen molar-refractivity contribution in [1.82, 2.24) is 9.97 Å². The van der Waals surface area contributed by atoms with Gasteiger partial charge in [0.15, 0.2) is 0 Å². The number of anilines is 1. The van der Waals surface area contributed by atoms with E-state index in [0.29, 0.717) is 11.8 Å². The molecule has 2 heterocycles.